The van der Waals surface area contributed by atoms with Gasteiger partial charge in [-0.3, -0.25) is 0 Å². The number of thioether (sulfide) groups is 1. The van der Waals surface area contributed by atoms with Crippen molar-refractivity contribution >= 4 is 21.8 Å². The number of ether oxygens (including phenoxy) is 2. The van der Waals surface area contributed by atoms with E-state index in [4.69, 9.17) is 9.47 Å². The predicted molar refractivity (Wildman–Crippen MR) is 109 cm³/mol. The molecule has 5 nitrogen and oxygen atoms in total. The first-order valence-corrected chi connectivity index (χ1v) is 11.2. The van der Waals surface area contributed by atoms with Gasteiger partial charge in [-0.25, -0.2) is 8.42 Å². The molecule has 0 aliphatic carbocycles. The minimum atomic E-state index is -3.64. The quantitative estimate of drug-likeness (QED) is 0.748. The van der Waals surface area contributed by atoms with Crippen LogP contribution in [0.1, 0.15) is 27.6 Å². The summed E-state index contributed by atoms with van der Waals surface area (Å²) in [6, 6.07) is 9.42. The highest BCUT2D eigenvalue weighted by Crippen LogP contribution is 2.47. The Morgan fingerprint density at radius 1 is 1.07 bits per heavy atom. The van der Waals surface area contributed by atoms with Crippen LogP contribution in [0.3, 0.4) is 0 Å². The van der Waals surface area contributed by atoms with Crippen LogP contribution in [0.5, 0.6) is 11.5 Å². The second-order valence-electron chi connectivity index (χ2n) is 6.65. The van der Waals surface area contributed by atoms with E-state index in [-0.39, 0.29) is 5.37 Å². The Morgan fingerprint density at radius 3 is 2.33 bits per heavy atom. The van der Waals surface area contributed by atoms with Crippen molar-refractivity contribution in [1.82, 2.24) is 4.31 Å². The molecule has 1 heterocycles. The maximum Gasteiger partial charge on any atom is 0.244 e. The SMILES string of the molecule is COc1cccc([C@@H]2SCCN2S(=O)(=O)c2c(C)cc(C)cc2C)c1OC. The zero-order valence-corrected chi connectivity index (χ0v) is 17.9. The normalized spacial score (nSPS) is 17.9. The Labute approximate surface area is 165 Å². The van der Waals surface area contributed by atoms with Crippen molar-refractivity contribution in [3.8, 4) is 11.5 Å². The molecule has 0 unspecified atom stereocenters. The van der Waals surface area contributed by atoms with E-state index in [2.05, 4.69) is 0 Å². The van der Waals surface area contributed by atoms with Gasteiger partial charge in [0.15, 0.2) is 11.5 Å². The molecule has 3 rings (SSSR count). The van der Waals surface area contributed by atoms with E-state index in [0.29, 0.717) is 22.9 Å². The van der Waals surface area contributed by atoms with E-state index in [1.54, 1.807) is 30.3 Å². The predicted octanol–water partition coefficient (Wildman–Crippen LogP) is 4.07. The average molecular weight is 408 g/mol. The Hall–Kier alpha value is -1.70. The van der Waals surface area contributed by atoms with Crippen LogP contribution in [0, 0.1) is 20.8 Å². The summed E-state index contributed by atoms with van der Waals surface area (Å²) in [6.07, 6.45) is 0. The Kier molecular flexibility index (Phi) is 5.74. The molecule has 0 spiro atoms. The first kappa shape index (κ1) is 20.0. The fourth-order valence-corrected chi connectivity index (χ4v) is 7.41. The van der Waals surface area contributed by atoms with E-state index >= 15 is 0 Å². The third-order valence-corrected chi connectivity index (χ3v) is 8.27. The van der Waals surface area contributed by atoms with Gasteiger partial charge in [-0.05, 0) is 38.0 Å². The summed E-state index contributed by atoms with van der Waals surface area (Å²) < 4.78 is 39.7. The molecule has 7 heteroatoms. The van der Waals surface area contributed by atoms with E-state index in [0.717, 1.165) is 28.0 Å². The summed E-state index contributed by atoms with van der Waals surface area (Å²) in [5.41, 5.74) is 3.43. The van der Waals surface area contributed by atoms with Crippen molar-refractivity contribution in [2.45, 2.75) is 31.0 Å². The van der Waals surface area contributed by atoms with E-state index < -0.39 is 10.0 Å². The highest BCUT2D eigenvalue weighted by Gasteiger charge is 2.39. The minimum Gasteiger partial charge on any atom is -0.493 e. The summed E-state index contributed by atoms with van der Waals surface area (Å²) in [5, 5.41) is -0.347. The van der Waals surface area contributed by atoms with Gasteiger partial charge in [0.1, 0.15) is 0 Å². The molecule has 1 aliphatic heterocycles. The standard InChI is InChI=1S/C20H25NO4S2/c1-13-11-14(2)19(15(3)12-13)27(22,23)21-9-10-26-20(21)16-7-6-8-17(24-4)18(16)25-5/h6-8,11-12,20H,9-10H2,1-5H3/t20-/m0/s1. The molecule has 0 amide bonds. The molecule has 146 valence electrons. The number of methoxy groups -OCH3 is 2. The van der Waals surface area contributed by atoms with Gasteiger partial charge in [-0.1, -0.05) is 29.8 Å². The number of sulfonamides is 1. The third-order valence-electron chi connectivity index (χ3n) is 4.72. The number of hydrogen-bond acceptors (Lipinski definition) is 5. The maximum absolute atomic E-state index is 13.6. The van der Waals surface area contributed by atoms with Crippen LogP contribution >= 0.6 is 11.8 Å². The number of hydrogen-bond donors (Lipinski definition) is 0. The largest absolute Gasteiger partial charge is 0.493 e. The molecular formula is C20H25NO4S2. The topological polar surface area (TPSA) is 55.8 Å². The van der Waals surface area contributed by atoms with Crippen molar-refractivity contribution in [2.75, 3.05) is 26.5 Å². The second kappa shape index (κ2) is 7.73. The first-order valence-electron chi connectivity index (χ1n) is 8.73. The zero-order chi connectivity index (χ0) is 19.8. The molecular weight excluding hydrogens is 382 g/mol. The Balaban J connectivity index is 2.10. The molecule has 1 atom stereocenters. The molecule has 0 aromatic heterocycles. The fraction of sp³-hybridized carbons (Fsp3) is 0.400. The number of nitrogens with zero attached hydrogens (tertiary/aromatic N) is 1. The van der Waals surface area contributed by atoms with Gasteiger partial charge in [0.2, 0.25) is 10.0 Å². The van der Waals surface area contributed by atoms with Gasteiger partial charge < -0.3 is 9.47 Å². The van der Waals surface area contributed by atoms with Crippen molar-refractivity contribution in [2.24, 2.45) is 0 Å². The number of para-hydroxylation sites is 1. The number of rotatable bonds is 5. The van der Waals surface area contributed by atoms with Gasteiger partial charge in [-0.2, -0.15) is 4.31 Å². The molecule has 1 aliphatic rings. The molecule has 1 fully saturated rings. The van der Waals surface area contributed by atoms with Crippen LogP contribution in [0.15, 0.2) is 35.2 Å². The van der Waals surface area contributed by atoms with Crippen molar-refractivity contribution in [3.05, 3.63) is 52.6 Å². The van der Waals surface area contributed by atoms with E-state index in [1.165, 1.54) is 0 Å². The minimum absolute atomic E-state index is 0.347. The lowest BCUT2D eigenvalue weighted by Gasteiger charge is -2.27. The molecule has 2 aromatic rings. The van der Waals surface area contributed by atoms with Crippen LogP contribution in [0.4, 0.5) is 0 Å². The molecule has 0 N–H and O–H groups in total. The number of aryl methyl sites for hydroxylation is 3. The lowest BCUT2D eigenvalue weighted by Crippen LogP contribution is -2.31. The van der Waals surface area contributed by atoms with Crippen LogP contribution in [-0.4, -0.2) is 39.2 Å². The van der Waals surface area contributed by atoms with Gasteiger partial charge in [0, 0.05) is 17.9 Å². The van der Waals surface area contributed by atoms with Gasteiger partial charge in [-0.15, -0.1) is 11.8 Å². The van der Waals surface area contributed by atoms with Crippen LogP contribution < -0.4 is 9.47 Å². The van der Waals surface area contributed by atoms with Gasteiger partial charge >= 0.3 is 0 Å². The van der Waals surface area contributed by atoms with E-state index in [9.17, 15) is 8.42 Å². The Bertz CT molecular complexity index is 933. The molecule has 0 radical (unpaired) electrons. The van der Waals surface area contributed by atoms with Crippen molar-refractivity contribution in [3.63, 3.8) is 0 Å². The van der Waals surface area contributed by atoms with Crippen LogP contribution in [0.25, 0.3) is 0 Å². The molecule has 0 bridgehead atoms. The summed E-state index contributed by atoms with van der Waals surface area (Å²) in [7, 11) is -0.485. The summed E-state index contributed by atoms with van der Waals surface area (Å²) in [4.78, 5) is 0.405. The van der Waals surface area contributed by atoms with Crippen LogP contribution in [0.2, 0.25) is 0 Å². The van der Waals surface area contributed by atoms with Crippen LogP contribution in [-0.2, 0) is 10.0 Å². The maximum atomic E-state index is 13.6. The zero-order valence-electron chi connectivity index (χ0n) is 16.3. The average Bonchev–Trinajstić information content (AvgIpc) is 3.10. The molecule has 1 saturated heterocycles. The second-order valence-corrected chi connectivity index (χ2v) is 9.66. The van der Waals surface area contributed by atoms with E-state index in [1.807, 2.05) is 51.1 Å². The fourth-order valence-electron chi connectivity index (χ4n) is 3.74. The monoisotopic (exact) mass is 407 g/mol. The Morgan fingerprint density at radius 2 is 1.74 bits per heavy atom. The summed E-state index contributed by atoms with van der Waals surface area (Å²) >= 11 is 1.60. The number of benzene rings is 2. The van der Waals surface area contributed by atoms with Gasteiger partial charge in [0.25, 0.3) is 0 Å². The van der Waals surface area contributed by atoms with Gasteiger partial charge in [0.05, 0.1) is 24.5 Å². The highest BCUT2D eigenvalue weighted by atomic mass is 32.2. The molecule has 0 saturated carbocycles. The van der Waals surface area contributed by atoms with Crippen molar-refractivity contribution < 1.29 is 17.9 Å². The highest BCUT2D eigenvalue weighted by molar-refractivity contribution is 8.01. The van der Waals surface area contributed by atoms with Crippen molar-refractivity contribution in [1.29, 1.82) is 0 Å². The summed E-state index contributed by atoms with van der Waals surface area (Å²) in [6.45, 7) is 6.16. The first-order chi connectivity index (χ1) is 12.8. The summed E-state index contributed by atoms with van der Waals surface area (Å²) in [5.74, 6) is 1.91. The molecule has 27 heavy (non-hydrogen) atoms. The lowest BCUT2D eigenvalue weighted by molar-refractivity contribution is 0.345. The molecule has 2 aromatic carbocycles. The lowest BCUT2D eigenvalue weighted by atomic mass is 10.1. The smallest absolute Gasteiger partial charge is 0.244 e. The third kappa shape index (κ3) is 3.56.